The van der Waals surface area contributed by atoms with Crippen molar-refractivity contribution in [2.45, 2.75) is 117 Å². The number of nitrogens with zero attached hydrogens (tertiary/aromatic N) is 9. The van der Waals surface area contributed by atoms with Gasteiger partial charge in [0, 0.05) is 167 Å². The Morgan fingerprint density at radius 1 is 0.438 bits per heavy atom. The van der Waals surface area contributed by atoms with Crippen LogP contribution < -0.4 is 11.2 Å². The normalized spacial score (nSPS) is 20.6. The molecule has 6 aliphatic rings. The van der Waals surface area contributed by atoms with E-state index in [1.54, 1.807) is 58.3 Å². The molecule has 5 N–H and O–H groups in total. The maximum absolute atomic E-state index is 13.7. The molecule has 0 aliphatic carbocycles. The molecule has 26 heteroatoms. The number of carbonyl (C=O) groups is 7. The fraction of sp³-hybridized carbons (Fsp3) is 0.380. The molecule has 3 aromatic heterocycles. The lowest BCUT2D eigenvalue weighted by Crippen LogP contribution is -2.57. The first-order chi connectivity index (χ1) is 50.3. The molecule has 6 aliphatic heterocycles. The van der Waals surface area contributed by atoms with Crippen LogP contribution in [0.3, 0.4) is 0 Å². The van der Waals surface area contributed by atoms with E-state index in [1.807, 2.05) is 62.2 Å². The van der Waals surface area contributed by atoms with Crippen LogP contribution >= 0.6 is 34.8 Å². The number of halogens is 6. The van der Waals surface area contributed by atoms with Gasteiger partial charge in [-0.3, -0.25) is 52.9 Å². The number of H-pyrrole nitrogens is 2. The van der Waals surface area contributed by atoms with Crippen molar-refractivity contribution in [3.05, 3.63) is 211 Å². The number of Topliss-reactive ketones (excluding diaryl/α,β-unsaturated/α-hetero) is 2. The number of piperazine rings is 3. The molecule has 9 aromatic rings. The Balaban J connectivity index is 0.000000145. The van der Waals surface area contributed by atoms with Crippen molar-refractivity contribution >= 4 is 109 Å². The van der Waals surface area contributed by atoms with Gasteiger partial charge in [0.2, 0.25) is 0 Å². The minimum atomic E-state index is -0.647. The van der Waals surface area contributed by atoms with Gasteiger partial charge in [-0.15, -0.1) is 0 Å². The second kappa shape index (κ2) is 32.7. The summed E-state index contributed by atoms with van der Waals surface area (Å²) in [5.41, 5.74) is 6.59. The number of benzene rings is 6. The minimum Gasteiger partial charge on any atom is -0.361 e. The summed E-state index contributed by atoms with van der Waals surface area (Å²) in [5.74, 6) is 2.49. The number of nitrogens with one attached hydrogen (secondary N) is 3. The number of nitrogen functional groups attached to an aromatic ring is 1. The van der Waals surface area contributed by atoms with Crippen LogP contribution in [0.1, 0.15) is 129 Å². The Morgan fingerprint density at radius 3 is 1.20 bits per heavy atom. The molecule has 0 spiro atoms. The highest BCUT2D eigenvalue weighted by atomic mass is 35.5. The van der Waals surface area contributed by atoms with Crippen LogP contribution in [-0.4, -0.2) is 210 Å². The van der Waals surface area contributed by atoms with Crippen LogP contribution in [0.5, 0.6) is 0 Å². The van der Waals surface area contributed by atoms with E-state index in [0.29, 0.717) is 110 Å². The molecule has 0 unspecified atom stereocenters. The standard InChI is InChI=1S/C27H29ClFN5O3.C27H28ClFN4O3.C22H23ClFN3O.C3H7N/c1-16-13-33(17(2)12-32(16)14-18-4-6-19(29)7-5-18)26(36)21-10-20-22(15-34(30)24(20)11-23(21)28)25(35)27(37)31-8-3-9-31;1-16-14-33(17(2)13-32(16)15-18-4-6-19(29)7-5-18)26(35)21-10-20-22(12-30-24(20)11-23(21)28)25(34)27(36)31-8-3-9-31;1-14-12-27(15(2)11-26(14)13-16-3-5-18(24)6-4-16)22(28)19-9-17-7-8-25-21(17)10-20(19)23;1-2-4-3-1/h4-7,10-11,15-17H,3,8-9,12-14,30H2,1-2H3;4-7,10-12,16-17,30H,3,8-9,13-15H2,1-2H3;3-10,14-15,25H,11-13H2,1-2H3;4H,1-3H2/t2*16-,17+;14-,15+;/m000./s1. The fourth-order valence-corrected chi connectivity index (χ4v) is 14.9. The Kier molecular flexibility index (Phi) is 23.6. The summed E-state index contributed by atoms with van der Waals surface area (Å²) in [5, 5.41) is 6.00. The highest BCUT2D eigenvalue weighted by Gasteiger charge is 2.39. The third-order valence-electron chi connectivity index (χ3n) is 20.9. The molecule has 0 saturated carbocycles. The number of ketones is 2. The molecule has 0 bridgehead atoms. The minimum absolute atomic E-state index is 0.0334. The average molecular weight is 1490 g/mol. The number of aromatic nitrogens is 3. The summed E-state index contributed by atoms with van der Waals surface area (Å²) in [4.78, 5) is 113. The van der Waals surface area contributed by atoms with E-state index in [-0.39, 0.29) is 98.2 Å². The zero-order chi connectivity index (χ0) is 74.7. The number of aromatic amines is 2. The molecular formula is C79H87Cl3F3N13O7. The van der Waals surface area contributed by atoms with Gasteiger partial charge in [0.1, 0.15) is 17.5 Å². The van der Waals surface area contributed by atoms with Gasteiger partial charge in [-0.2, -0.15) is 0 Å². The molecular weight excluding hydrogens is 1410 g/mol. The van der Waals surface area contributed by atoms with Crippen LogP contribution in [-0.2, 0) is 29.2 Å². The van der Waals surface area contributed by atoms with Crippen molar-refractivity contribution in [2.75, 3.05) is 84.4 Å². The summed E-state index contributed by atoms with van der Waals surface area (Å²) in [6.45, 7) is 22.8. The molecule has 9 heterocycles. The van der Waals surface area contributed by atoms with Gasteiger partial charge in [0.05, 0.1) is 48.4 Å². The highest BCUT2D eigenvalue weighted by Crippen LogP contribution is 2.34. The van der Waals surface area contributed by atoms with Crippen molar-refractivity contribution in [1.82, 2.24) is 59.2 Å². The number of hydrogen-bond acceptors (Lipinski definition) is 12. The molecule has 5 amide bonds. The van der Waals surface area contributed by atoms with Crippen LogP contribution in [0.4, 0.5) is 13.2 Å². The number of fused-ring (bicyclic) bond motifs is 3. The highest BCUT2D eigenvalue weighted by molar-refractivity contribution is 6.46. The second-order valence-electron chi connectivity index (χ2n) is 28.5. The summed E-state index contributed by atoms with van der Waals surface area (Å²) in [6.07, 6.45) is 7.92. The maximum atomic E-state index is 13.7. The summed E-state index contributed by atoms with van der Waals surface area (Å²) >= 11 is 19.5. The quantitative estimate of drug-likeness (QED) is 0.0481. The summed E-state index contributed by atoms with van der Waals surface area (Å²) in [7, 11) is 0. The van der Waals surface area contributed by atoms with Gasteiger partial charge in [0.25, 0.3) is 41.1 Å². The number of carbonyl (C=O) groups excluding carboxylic acids is 7. The lowest BCUT2D eigenvalue weighted by Gasteiger charge is -2.44. The predicted octanol–water partition coefficient (Wildman–Crippen LogP) is 12.1. The van der Waals surface area contributed by atoms with E-state index in [0.717, 1.165) is 53.5 Å². The van der Waals surface area contributed by atoms with Crippen LogP contribution in [0.25, 0.3) is 32.7 Å². The molecule has 105 heavy (non-hydrogen) atoms. The number of likely N-dealkylation sites (tertiary alicyclic amines) is 2. The first kappa shape index (κ1) is 75.6. The van der Waals surface area contributed by atoms with Gasteiger partial charge in [0.15, 0.2) is 0 Å². The van der Waals surface area contributed by atoms with E-state index in [1.165, 1.54) is 82.8 Å². The Hall–Kier alpha value is -9.07. The van der Waals surface area contributed by atoms with E-state index in [4.69, 9.17) is 40.6 Å². The SMILES string of the molecule is C1CNC1.C[C@@H]1CN(Cc2ccc(F)cc2)[C@@H](C)CN1C(=O)c1cc2c(C(=O)C(=O)N3CCC3)c[nH]c2cc1Cl.C[C@@H]1CN(Cc2ccc(F)cc2)[C@@H](C)CN1C(=O)c1cc2c(C(=O)C(=O)N3CCC3)cn(N)c2cc1Cl.C[C@@H]1CN(Cc2ccc(F)cc2)[C@@H](C)CN1C(=O)c1cc2cc[nH]c2cc1Cl. The fourth-order valence-electron chi connectivity index (χ4n) is 14.1. The number of amides is 5. The Bertz CT molecular complexity index is 4710. The summed E-state index contributed by atoms with van der Waals surface area (Å²) < 4.78 is 41.0. The second-order valence-corrected chi connectivity index (χ2v) is 29.7. The topological polar surface area (TPSA) is 220 Å². The van der Waals surface area contributed by atoms with Gasteiger partial charge >= 0.3 is 0 Å². The number of hydrogen-bond donors (Lipinski definition) is 4. The largest absolute Gasteiger partial charge is 0.361 e. The molecule has 6 aromatic carbocycles. The number of rotatable bonds is 13. The lowest BCUT2D eigenvalue weighted by atomic mass is 10.0. The predicted molar refractivity (Wildman–Crippen MR) is 403 cm³/mol. The van der Waals surface area contributed by atoms with Crippen molar-refractivity contribution in [2.24, 2.45) is 0 Å². The molecule has 6 atom stereocenters. The zero-order valence-electron chi connectivity index (χ0n) is 59.6. The number of nitrogens with two attached hydrogens (primary N) is 1. The molecule has 6 fully saturated rings. The van der Waals surface area contributed by atoms with E-state index >= 15 is 0 Å². The van der Waals surface area contributed by atoms with Gasteiger partial charge in [-0.1, -0.05) is 71.2 Å². The van der Waals surface area contributed by atoms with E-state index in [9.17, 15) is 46.7 Å². The average Bonchev–Trinajstić information content (AvgIpc) is 1.66. The van der Waals surface area contributed by atoms with Crippen LogP contribution in [0, 0.1) is 17.5 Å². The van der Waals surface area contributed by atoms with Crippen molar-refractivity contribution in [3.8, 4) is 0 Å². The third-order valence-corrected chi connectivity index (χ3v) is 21.9. The lowest BCUT2D eigenvalue weighted by molar-refractivity contribution is -0.130. The van der Waals surface area contributed by atoms with Crippen molar-refractivity contribution < 1.29 is 46.7 Å². The summed E-state index contributed by atoms with van der Waals surface area (Å²) in [6, 6.07) is 31.7. The van der Waals surface area contributed by atoms with Crippen molar-refractivity contribution in [3.63, 3.8) is 0 Å². The Labute approximate surface area is 623 Å². The molecule has 20 nitrogen and oxygen atoms in total. The monoisotopic (exact) mass is 1490 g/mol. The van der Waals surface area contributed by atoms with Crippen molar-refractivity contribution in [1.29, 1.82) is 0 Å². The first-order valence-corrected chi connectivity index (χ1v) is 36.9. The van der Waals surface area contributed by atoms with Gasteiger partial charge in [-0.05, 0) is 169 Å². The van der Waals surface area contributed by atoms with Gasteiger partial charge < -0.3 is 45.6 Å². The maximum Gasteiger partial charge on any atom is 0.295 e. The Morgan fingerprint density at radius 2 is 0.810 bits per heavy atom. The third kappa shape index (κ3) is 16.9. The zero-order valence-corrected chi connectivity index (χ0v) is 61.9. The molecule has 552 valence electrons. The van der Waals surface area contributed by atoms with E-state index in [2.05, 4.69) is 50.8 Å². The van der Waals surface area contributed by atoms with Crippen LogP contribution in [0.15, 0.2) is 134 Å². The molecule has 6 saturated heterocycles. The van der Waals surface area contributed by atoms with Gasteiger partial charge in [-0.25, -0.2) is 13.2 Å². The van der Waals surface area contributed by atoms with E-state index < -0.39 is 23.4 Å². The molecule has 0 radical (unpaired) electrons. The smallest absolute Gasteiger partial charge is 0.295 e. The van der Waals surface area contributed by atoms with Crippen LogP contribution in [0.2, 0.25) is 15.1 Å². The first-order valence-electron chi connectivity index (χ1n) is 35.7. The molecule has 15 rings (SSSR count).